The van der Waals surface area contributed by atoms with Crippen molar-refractivity contribution in [1.29, 1.82) is 0 Å². The van der Waals surface area contributed by atoms with E-state index in [1.807, 2.05) is 0 Å². The third-order valence-corrected chi connectivity index (χ3v) is 4.14. The van der Waals surface area contributed by atoms with Crippen molar-refractivity contribution in [2.24, 2.45) is 5.73 Å². The summed E-state index contributed by atoms with van der Waals surface area (Å²) >= 11 is 0. The van der Waals surface area contributed by atoms with E-state index in [0.29, 0.717) is 24.8 Å². The molecule has 1 aromatic rings. The molecule has 0 bridgehead atoms. The van der Waals surface area contributed by atoms with E-state index in [2.05, 4.69) is 14.9 Å². The fourth-order valence-electron chi connectivity index (χ4n) is 3.11. The zero-order valence-electron chi connectivity index (χ0n) is 11.0. The highest BCUT2D eigenvalue weighted by atomic mass is 19.4. The Bertz CT molecular complexity index is 503. The molecule has 2 aliphatic rings. The predicted octanol–water partition coefficient (Wildman–Crippen LogP) is 2.08. The summed E-state index contributed by atoms with van der Waals surface area (Å²) in [4.78, 5) is 9.29. The summed E-state index contributed by atoms with van der Waals surface area (Å²) in [6.45, 7) is 1.10. The Balaban J connectivity index is 1.75. The Kier molecular flexibility index (Phi) is 3.41. The molecule has 3 rings (SSSR count). The summed E-state index contributed by atoms with van der Waals surface area (Å²) in [5.74, 6) is -1.04. The van der Waals surface area contributed by atoms with Crippen molar-refractivity contribution in [3.05, 3.63) is 23.3 Å². The zero-order valence-corrected chi connectivity index (χ0v) is 11.0. The molecule has 1 aromatic heterocycles. The number of hydrogen-bond donors (Lipinski definition) is 1. The maximum Gasteiger partial charge on any atom is 0.451 e. The topological polar surface area (TPSA) is 55.0 Å². The van der Waals surface area contributed by atoms with E-state index >= 15 is 0 Å². The molecule has 0 radical (unpaired) electrons. The molecule has 2 N–H and O–H groups in total. The molecule has 1 saturated carbocycles. The lowest BCUT2D eigenvalue weighted by molar-refractivity contribution is -0.145. The molecule has 2 heterocycles. The quantitative estimate of drug-likeness (QED) is 0.859. The highest BCUT2D eigenvalue weighted by molar-refractivity contribution is 5.23. The molecule has 110 valence electrons. The van der Waals surface area contributed by atoms with Gasteiger partial charge in [0.05, 0.1) is 5.69 Å². The fraction of sp³-hybridized carbons (Fsp3) is 0.692. The van der Waals surface area contributed by atoms with Crippen LogP contribution in [-0.2, 0) is 19.3 Å². The summed E-state index contributed by atoms with van der Waals surface area (Å²) in [6.07, 6.45) is 0.922. The lowest BCUT2D eigenvalue weighted by atomic mass is 9.91. The Hall–Kier alpha value is -1.21. The van der Waals surface area contributed by atoms with Crippen LogP contribution in [0, 0.1) is 0 Å². The summed E-state index contributed by atoms with van der Waals surface area (Å²) in [6, 6.07) is 0.552. The minimum Gasteiger partial charge on any atom is -0.328 e. The second-order valence-corrected chi connectivity index (χ2v) is 5.65. The second kappa shape index (κ2) is 4.96. The number of hydrogen-bond acceptors (Lipinski definition) is 4. The van der Waals surface area contributed by atoms with Crippen molar-refractivity contribution in [2.45, 2.75) is 57.0 Å². The molecule has 0 aromatic carbocycles. The van der Waals surface area contributed by atoms with Crippen LogP contribution < -0.4 is 5.73 Å². The lowest BCUT2D eigenvalue weighted by Crippen LogP contribution is -2.40. The summed E-state index contributed by atoms with van der Waals surface area (Å²) in [5.41, 5.74) is 7.28. The largest absolute Gasteiger partial charge is 0.451 e. The number of rotatable bonds is 1. The number of fused-ring (bicyclic) bond motifs is 1. The van der Waals surface area contributed by atoms with Gasteiger partial charge in [0.15, 0.2) is 0 Å². The fourth-order valence-corrected chi connectivity index (χ4v) is 3.11. The average molecular weight is 286 g/mol. The molecule has 20 heavy (non-hydrogen) atoms. The van der Waals surface area contributed by atoms with Crippen molar-refractivity contribution in [1.82, 2.24) is 14.9 Å². The van der Waals surface area contributed by atoms with Crippen LogP contribution in [-0.4, -0.2) is 27.0 Å². The second-order valence-electron chi connectivity index (χ2n) is 5.65. The van der Waals surface area contributed by atoms with Crippen molar-refractivity contribution >= 4 is 0 Å². The van der Waals surface area contributed by atoms with Gasteiger partial charge < -0.3 is 5.73 Å². The first kappa shape index (κ1) is 13.8. The van der Waals surface area contributed by atoms with E-state index in [9.17, 15) is 13.2 Å². The maximum absolute atomic E-state index is 12.6. The molecular weight excluding hydrogens is 269 g/mol. The maximum atomic E-state index is 12.6. The number of nitrogens with two attached hydrogens (primary N) is 1. The standard InChI is InChI=1S/C13H17F3N4/c14-13(15,16)12-18-5-8-6-20(7-11(8)19-12)10-3-1-2-9(17)4-10/h5,9-10H,1-4,6-7,17H2/t9-,10+/m1/s1. The highest BCUT2D eigenvalue weighted by Gasteiger charge is 2.37. The number of aromatic nitrogens is 2. The Labute approximate surface area is 115 Å². The summed E-state index contributed by atoms with van der Waals surface area (Å²) < 4.78 is 37.8. The summed E-state index contributed by atoms with van der Waals surface area (Å²) in [5, 5.41) is 0. The highest BCUT2D eigenvalue weighted by Crippen LogP contribution is 2.32. The lowest BCUT2D eigenvalue weighted by Gasteiger charge is -2.33. The third-order valence-electron chi connectivity index (χ3n) is 4.14. The van der Waals surface area contributed by atoms with E-state index in [-0.39, 0.29) is 6.04 Å². The molecule has 1 aliphatic carbocycles. The van der Waals surface area contributed by atoms with Gasteiger partial charge >= 0.3 is 6.18 Å². The van der Waals surface area contributed by atoms with Crippen LogP contribution in [0.25, 0.3) is 0 Å². The minimum absolute atomic E-state index is 0.203. The van der Waals surface area contributed by atoms with Gasteiger partial charge in [0.2, 0.25) is 5.82 Å². The van der Waals surface area contributed by atoms with Gasteiger partial charge in [-0.2, -0.15) is 13.2 Å². The van der Waals surface area contributed by atoms with E-state index in [0.717, 1.165) is 31.2 Å². The molecule has 0 saturated heterocycles. The minimum atomic E-state index is -4.48. The summed E-state index contributed by atoms with van der Waals surface area (Å²) in [7, 11) is 0. The van der Waals surface area contributed by atoms with Crippen LogP contribution in [0.4, 0.5) is 13.2 Å². The first-order valence-corrected chi connectivity index (χ1v) is 6.85. The normalized spacial score (nSPS) is 27.6. The number of halogens is 3. The van der Waals surface area contributed by atoms with Crippen molar-refractivity contribution in [3.8, 4) is 0 Å². The molecule has 0 spiro atoms. The SMILES string of the molecule is N[C@@H]1CCC[C@H](N2Cc3cnc(C(F)(F)F)nc3C2)C1. The molecular formula is C13H17F3N4. The molecule has 1 fully saturated rings. The molecule has 4 nitrogen and oxygen atoms in total. The van der Waals surface area contributed by atoms with Crippen LogP contribution in [0.3, 0.4) is 0 Å². The van der Waals surface area contributed by atoms with Crippen LogP contribution in [0.1, 0.15) is 42.8 Å². The average Bonchev–Trinajstić information content (AvgIpc) is 2.80. The van der Waals surface area contributed by atoms with Crippen LogP contribution in [0.2, 0.25) is 0 Å². The van der Waals surface area contributed by atoms with Gasteiger partial charge in [-0.15, -0.1) is 0 Å². The Morgan fingerprint density at radius 1 is 1.25 bits per heavy atom. The van der Waals surface area contributed by atoms with Crippen molar-refractivity contribution in [3.63, 3.8) is 0 Å². The molecule has 1 aliphatic heterocycles. The number of alkyl halides is 3. The third kappa shape index (κ3) is 2.64. The molecule has 2 atom stereocenters. The van der Waals surface area contributed by atoms with Crippen LogP contribution >= 0.6 is 0 Å². The van der Waals surface area contributed by atoms with Gasteiger partial charge in [-0.1, -0.05) is 6.42 Å². The predicted molar refractivity (Wildman–Crippen MR) is 66.5 cm³/mol. The number of nitrogens with zero attached hydrogens (tertiary/aromatic N) is 3. The van der Waals surface area contributed by atoms with Crippen LogP contribution in [0.5, 0.6) is 0 Å². The molecule has 0 amide bonds. The zero-order chi connectivity index (χ0) is 14.3. The van der Waals surface area contributed by atoms with E-state index in [1.54, 1.807) is 0 Å². The van der Waals surface area contributed by atoms with Crippen molar-refractivity contribution in [2.75, 3.05) is 0 Å². The monoisotopic (exact) mass is 286 g/mol. The first-order chi connectivity index (χ1) is 9.43. The van der Waals surface area contributed by atoms with Crippen LogP contribution in [0.15, 0.2) is 6.20 Å². The smallest absolute Gasteiger partial charge is 0.328 e. The first-order valence-electron chi connectivity index (χ1n) is 6.85. The van der Waals surface area contributed by atoms with E-state index in [1.165, 1.54) is 6.20 Å². The Morgan fingerprint density at radius 2 is 2.05 bits per heavy atom. The van der Waals surface area contributed by atoms with Gasteiger partial charge in [0.1, 0.15) is 0 Å². The molecule has 7 heteroatoms. The van der Waals surface area contributed by atoms with Gasteiger partial charge in [-0.3, -0.25) is 4.90 Å². The van der Waals surface area contributed by atoms with Gasteiger partial charge in [0.25, 0.3) is 0 Å². The van der Waals surface area contributed by atoms with Gasteiger partial charge in [-0.05, 0) is 19.3 Å². The molecule has 0 unspecified atom stereocenters. The van der Waals surface area contributed by atoms with Crippen molar-refractivity contribution < 1.29 is 13.2 Å². The van der Waals surface area contributed by atoms with E-state index in [4.69, 9.17) is 5.73 Å². The van der Waals surface area contributed by atoms with E-state index < -0.39 is 12.0 Å². The Morgan fingerprint density at radius 3 is 2.75 bits per heavy atom. The van der Waals surface area contributed by atoms with Gasteiger partial charge in [-0.25, -0.2) is 9.97 Å². The van der Waals surface area contributed by atoms with Gasteiger partial charge in [0, 0.05) is 36.9 Å².